The maximum atomic E-state index is 12.1. The summed E-state index contributed by atoms with van der Waals surface area (Å²) in [6.45, 7) is 2.06. The topological polar surface area (TPSA) is 29.1 Å². The first-order valence-corrected chi connectivity index (χ1v) is 6.70. The molecule has 0 radical (unpaired) electrons. The number of rotatable bonds is 4. The lowest BCUT2D eigenvalue weighted by Crippen LogP contribution is -2.28. The van der Waals surface area contributed by atoms with Crippen molar-refractivity contribution in [2.24, 2.45) is 0 Å². The normalized spacial score (nSPS) is 11.9. The van der Waals surface area contributed by atoms with Crippen molar-refractivity contribution in [3.63, 3.8) is 0 Å². The number of carbonyl (C=O) groups is 1. The zero-order valence-corrected chi connectivity index (χ0v) is 11.5. The molecular formula is C16H16ClNO. The third-order valence-electron chi connectivity index (χ3n) is 3.02. The molecule has 19 heavy (non-hydrogen) atoms. The summed E-state index contributed by atoms with van der Waals surface area (Å²) < 4.78 is 0. The van der Waals surface area contributed by atoms with Gasteiger partial charge in [-0.15, -0.1) is 0 Å². The molecule has 0 heterocycles. The average Bonchev–Trinajstić information content (AvgIpc) is 2.46. The van der Waals surface area contributed by atoms with Crippen LogP contribution in [0.5, 0.6) is 0 Å². The molecular weight excluding hydrogens is 258 g/mol. The minimum Gasteiger partial charge on any atom is -0.345 e. The third kappa shape index (κ3) is 3.58. The molecule has 0 bridgehead atoms. The van der Waals surface area contributed by atoms with Gasteiger partial charge in [0.15, 0.2) is 0 Å². The van der Waals surface area contributed by atoms with Crippen LogP contribution >= 0.6 is 11.6 Å². The van der Waals surface area contributed by atoms with Crippen molar-refractivity contribution in [2.75, 3.05) is 0 Å². The Morgan fingerprint density at radius 3 is 2.32 bits per heavy atom. The van der Waals surface area contributed by atoms with E-state index in [1.54, 1.807) is 24.3 Å². The molecule has 0 unspecified atom stereocenters. The molecule has 0 aromatic heterocycles. The molecule has 0 aliphatic carbocycles. The Morgan fingerprint density at radius 1 is 1.11 bits per heavy atom. The fourth-order valence-electron chi connectivity index (χ4n) is 1.95. The first-order chi connectivity index (χ1) is 9.20. The summed E-state index contributed by atoms with van der Waals surface area (Å²) in [4.78, 5) is 12.1. The Bertz CT molecular complexity index is 536. The van der Waals surface area contributed by atoms with Crippen molar-refractivity contribution < 1.29 is 4.79 Å². The van der Waals surface area contributed by atoms with E-state index in [1.807, 2.05) is 30.3 Å². The molecule has 3 heteroatoms. The molecule has 0 spiro atoms. The highest BCUT2D eigenvalue weighted by atomic mass is 35.5. The fraction of sp³-hybridized carbons (Fsp3) is 0.188. The monoisotopic (exact) mass is 273 g/mol. The SMILES string of the molecule is CC[C@@H](NC(=O)c1ccc(Cl)cc1)c1ccccc1. The molecule has 1 amide bonds. The maximum absolute atomic E-state index is 12.1. The molecule has 98 valence electrons. The molecule has 1 atom stereocenters. The van der Waals surface area contributed by atoms with Crippen LogP contribution in [0.15, 0.2) is 54.6 Å². The molecule has 2 aromatic rings. The van der Waals surface area contributed by atoms with Crippen LogP contribution in [0, 0.1) is 0 Å². The number of halogens is 1. The van der Waals surface area contributed by atoms with Crippen molar-refractivity contribution in [3.8, 4) is 0 Å². The number of hydrogen-bond acceptors (Lipinski definition) is 1. The van der Waals surface area contributed by atoms with Gasteiger partial charge < -0.3 is 5.32 Å². The Balaban J connectivity index is 2.10. The summed E-state index contributed by atoms with van der Waals surface area (Å²) in [7, 11) is 0. The van der Waals surface area contributed by atoms with Crippen LogP contribution in [0.25, 0.3) is 0 Å². The van der Waals surface area contributed by atoms with Gasteiger partial charge in [0, 0.05) is 10.6 Å². The number of nitrogens with one attached hydrogen (secondary N) is 1. The minimum absolute atomic E-state index is 0.0318. The van der Waals surface area contributed by atoms with Crippen molar-refractivity contribution in [2.45, 2.75) is 19.4 Å². The van der Waals surface area contributed by atoms with Gasteiger partial charge in [0.2, 0.25) is 0 Å². The smallest absolute Gasteiger partial charge is 0.251 e. The lowest BCUT2D eigenvalue weighted by molar-refractivity contribution is 0.0935. The summed E-state index contributed by atoms with van der Waals surface area (Å²) in [5.74, 6) is -0.0765. The van der Waals surface area contributed by atoms with Gasteiger partial charge in [0.1, 0.15) is 0 Å². The molecule has 0 aliphatic rings. The second kappa shape index (κ2) is 6.39. The number of hydrogen-bond donors (Lipinski definition) is 1. The summed E-state index contributed by atoms with van der Waals surface area (Å²) >= 11 is 5.81. The second-order valence-electron chi connectivity index (χ2n) is 4.35. The highest BCUT2D eigenvalue weighted by Gasteiger charge is 2.13. The van der Waals surface area contributed by atoms with Gasteiger partial charge in [0.05, 0.1) is 6.04 Å². The molecule has 0 saturated carbocycles. The van der Waals surface area contributed by atoms with Crippen LogP contribution < -0.4 is 5.32 Å². The zero-order valence-electron chi connectivity index (χ0n) is 10.8. The number of carbonyl (C=O) groups excluding carboxylic acids is 1. The Hall–Kier alpha value is -1.80. The van der Waals surface area contributed by atoms with Crippen LogP contribution in [-0.4, -0.2) is 5.91 Å². The molecule has 0 fully saturated rings. The van der Waals surface area contributed by atoms with Gasteiger partial charge in [-0.3, -0.25) is 4.79 Å². The van der Waals surface area contributed by atoms with Gasteiger partial charge in [-0.25, -0.2) is 0 Å². The first kappa shape index (κ1) is 13.6. The molecule has 1 N–H and O–H groups in total. The standard InChI is InChI=1S/C16H16ClNO/c1-2-15(12-6-4-3-5-7-12)18-16(19)13-8-10-14(17)11-9-13/h3-11,15H,2H2,1H3,(H,18,19)/t15-/m1/s1. The molecule has 0 aliphatic heterocycles. The van der Waals surface area contributed by atoms with E-state index in [-0.39, 0.29) is 11.9 Å². The molecule has 0 saturated heterocycles. The van der Waals surface area contributed by atoms with Gasteiger partial charge in [0.25, 0.3) is 5.91 Å². The van der Waals surface area contributed by atoms with Crippen LogP contribution in [0.1, 0.15) is 35.3 Å². The largest absolute Gasteiger partial charge is 0.345 e. The number of amides is 1. The minimum atomic E-state index is -0.0765. The van der Waals surface area contributed by atoms with Crippen molar-refractivity contribution in [3.05, 3.63) is 70.7 Å². The molecule has 2 rings (SSSR count). The second-order valence-corrected chi connectivity index (χ2v) is 4.79. The van der Waals surface area contributed by atoms with Crippen molar-refractivity contribution in [1.29, 1.82) is 0 Å². The van der Waals surface area contributed by atoms with Crippen LogP contribution in [0.4, 0.5) is 0 Å². The van der Waals surface area contributed by atoms with Crippen LogP contribution in [0.3, 0.4) is 0 Å². The summed E-state index contributed by atoms with van der Waals surface area (Å²) in [5.41, 5.74) is 1.74. The van der Waals surface area contributed by atoms with Crippen molar-refractivity contribution >= 4 is 17.5 Å². The van der Waals surface area contributed by atoms with E-state index in [0.29, 0.717) is 10.6 Å². The van der Waals surface area contributed by atoms with Crippen LogP contribution in [-0.2, 0) is 0 Å². The van der Waals surface area contributed by atoms with Gasteiger partial charge >= 0.3 is 0 Å². The maximum Gasteiger partial charge on any atom is 0.251 e. The average molecular weight is 274 g/mol. The summed E-state index contributed by atoms with van der Waals surface area (Å²) in [6, 6.07) is 16.9. The quantitative estimate of drug-likeness (QED) is 0.888. The Kier molecular flexibility index (Phi) is 4.58. The Morgan fingerprint density at radius 2 is 1.74 bits per heavy atom. The van der Waals surface area contributed by atoms with Gasteiger partial charge in [-0.05, 0) is 36.2 Å². The first-order valence-electron chi connectivity index (χ1n) is 6.32. The Labute approximate surface area is 118 Å². The highest BCUT2D eigenvalue weighted by Crippen LogP contribution is 2.17. The third-order valence-corrected chi connectivity index (χ3v) is 3.27. The fourth-order valence-corrected chi connectivity index (χ4v) is 2.08. The van der Waals surface area contributed by atoms with E-state index in [4.69, 9.17) is 11.6 Å². The predicted molar refractivity (Wildman–Crippen MR) is 78.4 cm³/mol. The van der Waals surface area contributed by atoms with E-state index in [2.05, 4.69) is 12.2 Å². The van der Waals surface area contributed by atoms with Gasteiger partial charge in [-0.2, -0.15) is 0 Å². The zero-order chi connectivity index (χ0) is 13.7. The highest BCUT2D eigenvalue weighted by molar-refractivity contribution is 6.30. The van der Waals surface area contributed by atoms with E-state index >= 15 is 0 Å². The molecule has 2 nitrogen and oxygen atoms in total. The molecule has 2 aromatic carbocycles. The predicted octanol–water partition coefficient (Wildman–Crippen LogP) is 4.22. The van der Waals surface area contributed by atoms with Crippen LogP contribution in [0.2, 0.25) is 5.02 Å². The number of benzene rings is 2. The summed E-state index contributed by atoms with van der Waals surface area (Å²) in [5, 5.41) is 3.67. The van der Waals surface area contributed by atoms with Gasteiger partial charge in [-0.1, -0.05) is 48.9 Å². The lowest BCUT2D eigenvalue weighted by Gasteiger charge is -2.17. The van der Waals surface area contributed by atoms with E-state index in [0.717, 1.165) is 12.0 Å². The lowest BCUT2D eigenvalue weighted by atomic mass is 10.0. The van der Waals surface area contributed by atoms with E-state index < -0.39 is 0 Å². The van der Waals surface area contributed by atoms with E-state index in [9.17, 15) is 4.79 Å². The summed E-state index contributed by atoms with van der Waals surface area (Å²) in [6.07, 6.45) is 0.851. The van der Waals surface area contributed by atoms with E-state index in [1.165, 1.54) is 0 Å². The van der Waals surface area contributed by atoms with Crippen molar-refractivity contribution in [1.82, 2.24) is 5.32 Å².